The van der Waals surface area contributed by atoms with Gasteiger partial charge in [0.1, 0.15) is 5.66 Å². The molecule has 102 valence electrons. The second kappa shape index (κ2) is 4.96. The minimum Gasteiger partial charge on any atom is -0.361 e. The highest BCUT2D eigenvalue weighted by Crippen LogP contribution is 2.31. The number of allylic oxidation sites excluding steroid dienone is 1. The summed E-state index contributed by atoms with van der Waals surface area (Å²) in [5.41, 5.74) is 5.07. The van der Waals surface area contributed by atoms with Crippen LogP contribution < -0.4 is 10.7 Å². The van der Waals surface area contributed by atoms with E-state index in [1.54, 1.807) is 5.01 Å². The van der Waals surface area contributed by atoms with Gasteiger partial charge in [-0.05, 0) is 31.9 Å². The maximum Gasteiger partial charge on any atom is 0.276 e. The van der Waals surface area contributed by atoms with Crippen molar-refractivity contribution in [2.75, 3.05) is 5.32 Å². The predicted octanol–water partition coefficient (Wildman–Crippen LogP) is 3.11. The molecule has 1 atom stereocenters. The summed E-state index contributed by atoms with van der Waals surface area (Å²) in [6, 6.07) is 7.58. The van der Waals surface area contributed by atoms with Crippen LogP contribution in [0.2, 0.25) is 0 Å². The lowest BCUT2D eigenvalue weighted by Crippen LogP contribution is -2.62. The van der Waals surface area contributed by atoms with Gasteiger partial charge >= 0.3 is 0 Å². The van der Waals surface area contributed by atoms with E-state index >= 15 is 0 Å². The van der Waals surface area contributed by atoms with E-state index in [1.165, 1.54) is 0 Å². The third-order valence-electron chi connectivity index (χ3n) is 3.64. The van der Waals surface area contributed by atoms with Crippen molar-refractivity contribution >= 4 is 11.6 Å². The quantitative estimate of drug-likeness (QED) is 0.873. The van der Waals surface area contributed by atoms with Crippen LogP contribution in [0.3, 0.4) is 0 Å². The number of amides is 1. The summed E-state index contributed by atoms with van der Waals surface area (Å²) >= 11 is 0. The van der Waals surface area contributed by atoms with Gasteiger partial charge in [0.05, 0.1) is 5.56 Å². The van der Waals surface area contributed by atoms with Gasteiger partial charge in [-0.1, -0.05) is 32.6 Å². The largest absolute Gasteiger partial charge is 0.361 e. The van der Waals surface area contributed by atoms with E-state index in [-0.39, 0.29) is 5.91 Å². The molecule has 19 heavy (non-hydrogen) atoms. The zero-order valence-electron chi connectivity index (χ0n) is 11.8. The lowest BCUT2D eigenvalue weighted by Gasteiger charge is -2.46. The molecule has 0 aromatic heterocycles. The van der Waals surface area contributed by atoms with E-state index in [0.717, 1.165) is 24.2 Å². The summed E-state index contributed by atoms with van der Waals surface area (Å²) in [5.74, 6) is -0.0201. The number of anilines is 1. The second-order valence-corrected chi connectivity index (χ2v) is 5.01. The Kier molecular flexibility index (Phi) is 3.51. The highest BCUT2D eigenvalue weighted by molar-refractivity contribution is 6.01. The van der Waals surface area contributed by atoms with Crippen LogP contribution in [-0.2, 0) is 0 Å². The standard InChI is InChI=1S/C15H21N3O/c1-5-11(3)17-18-14(19)12-9-7-8-10-13(12)16-15(18,4)6-2/h7-10,16-17H,3,5-6H2,1-2,4H3/t15-/m1/s1. The van der Waals surface area contributed by atoms with E-state index in [2.05, 4.69) is 24.2 Å². The van der Waals surface area contributed by atoms with E-state index in [1.807, 2.05) is 38.1 Å². The van der Waals surface area contributed by atoms with Crippen molar-refractivity contribution < 1.29 is 4.79 Å². The number of rotatable bonds is 4. The number of hydrogen-bond acceptors (Lipinski definition) is 3. The van der Waals surface area contributed by atoms with Crippen molar-refractivity contribution in [3.8, 4) is 0 Å². The first-order chi connectivity index (χ1) is 9.01. The molecular formula is C15H21N3O. The monoisotopic (exact) mass is 259 g/mol. The van der Waals surface area contributed by atoms with Gasteiger partial charge in [0, 0.05) is 11.4 Å². The Morgan fingerprint density at radius 2 is 2.11 bits per heavy atom. The summed E-state index contributed by atoms with van der Waals surface area (Å²) in [6.45, 7) is 10.00. The van der Waals surface area contributed by atoms with Crippen LogP contribution in [0.25, 0.3) is 0 Å². The fourth-order valence-electron chi connectivity index (χ4n) is 2.13. The molecule has 0 saturated heterocycles. The van der Waals surface area contributed by atoms with Crippen LogP contribution in [0.1, 0.15) is 44.0 Å². The summed E-state index contributed by atoms with van der Waals surface area (Å²) in [4.78, 5) is 12.6. The van der Waals surface area contributed by atoms with Crippen LogP contribution in [0.4, 0.5) is 5.69 Å². The fourth-order valence-corrected chi connectivity index (χ4v) is 2.13. The normalized spacial score (nSPS) is 21.6. The van der Waals surface area contributed by atoms with Crippen LogP contribution in [-0.4, -0.2) is 16.6 Å². The third kappa shape index (κ3) is 2.30. The minimum atomic E-state index is -0.455. The SMILES string of the molecule is C=C(CC)NN1C(=O)c2ccccc2N[C@@]1(C)CC. The molecule has 0 spiro atoms. The highest BCUT2D eigenvalue weighted by Gasteiger charge is 2.40. The van der Waals surface area contributed by atoms with E-state index < -0.39 is 5.66 Å². The zero-order chi connectivity index (χ0) is 14.0. The molecule has 1 heterocycles. The lowest BCUT2D eigenvalue weighted by molar-refractivity contribution is 0.0389. The van der Waals surface area contributed by atoms with Gasteiger partial charge in [-0.15, -0.1) is 0 Å². The Labute approximate surface area is 114 Å². The van der Waals surface area contributed by atoms with Crippen molar-refractivity contribution in [1.82, 2.24) is 10.4 Å². The number of nitrogens with one attached hydrogen (secondary N) is 2. The Balaban J connectivity index is 2.41. The molecule has 0 aliphatic carbocycles. The Hall–Kier alpha value is -1.97. The minimum absolute atomic E-state index is 0.0201. The van der Waals surface area contributed by atoms with Crippen LogP contribution in [0.15, 0.2) is 36.5 Å². The first-order valence-electron chi connectivity index (χ1n) is 6.68. The molecule has 1 aromatic rings. The van der Waals surface area contributed by atoms with Gasteiger partial charge in [-0.3, -0.25) is 10.2 Å². The molecule has 0 radical (unpaired) electrons. The summed E-state index contributed by atoms with van der Waals surface area (Å²) in [6.07, 6.45) is 1.57. The maximum absolute atomic E-state index is 12.6. The molecule has 2 rings (SSSR count). The first-order valence-corrected chi connectivity index (χ1v) is 6.68. The number of hydrogen-bond donors (Lipinski definition) is 2. The lowest BCUT2D eigenvalue weighted by atomic mass is 10.0. The second-order valence-electron chi connectivity index (χ2n) is 5.01. The molecule has 0 bridgehead atoms. The van der Waals surface area contributed by atoms with Gasteiger partial charge in [0.15, 0.2) is 0 Å². The van der Waals surface area contributed by atoms with Gasteiger partial charge in [-0.25, -0.2) is 5.01 Å². The zero-order valence-corrected chi connectivity index (χ0v) is 11.8. The topological polar surface area (TPSA) is 44.4 Å². The number of nitrogens with zero attached hydrogens (tertiary/aromatic N) is 1. The van der Waals surface area contributed by atoms with Crippen molar-refractivity contribution in [1.29, 1.82) is 0 Å². The Bertz CT molecular complexity index is 512. The molecular weight excluding hydrogens is 238 g/mol. The third-order valence-corrected chi connectivity index (χ3v) is 3.64. The Morgan fingerprint density at radius 3 is 2.74 bits per heavy atom. The number of hydrazine groups is 1. The van der Waals surface area contributed by atoms with Gasteiger partial charge in [-0.2, -0.15) is 0 Å². The molecule has 1 aliphatic rings. The molecule has 0 unspecified atom stereocenters. The predicted molar refractivity (Wildman–Crippen MR) is 77.5 cm³/mol. The van der Waals surface area contributed by atoms with E-state index in [4.69, 9.17) is 0 Å². The van der Waals surface area contributed by atoms with Crippen LogP contribution in [0, 0.1) is 0 Å². The summed E-state index contributed by atoms with van der Waals surface area (Å²) in [5, 5.41) is 5.09. The number of fused-ring (bicyclic) bond motifs is 1. The molecule has 1 amide bonds. The summed E-state index contributed by atoms with van der Waals surface area (Å²) in [7, 11) is 0. The molecule has 0 saturated carbocycles. The molecule has 1 aliphatic heterocycles. The average Bonchev–Trinajstić information content (AvgIpc) is 2.43. The summed E-state index contributed by atoms with van der Waals surface area (Å²) < 4.78 is 0. The smallest absolute Gasteiger partial charge is 0.276 e. The van der Waals surface area contributed by atoms with Crippen molar-refractivity contribution in [2.45, 2.75) is 39.3 Å². The number of carbonyl (C=O) groups excluding carboxylic acids is 1. The van der Waals surface area contributed by atoms with Crippen molar-refractivity contribution in [2.24, 2.45) is 0 Å². The van der Waals surface area contributed by atoms with Crippen molar-refractivity contribution in [3.63, 3.8) is 0 Å². The van der Waals surface area contributed by atoms with Crippen LogP contribution >= 0.6 is 0 Å². The maximum atomic E-state index is 12.6. The van der Waals surface area contributed by atoms with Crippen molar-refractivity contribution in [3.05, 3.63) is 42.1 Å². The molecule has 0 fully saturated rings. The highest BCUT2D eigenvalue weighted by atomic mass is 16.2. The number of para-hydroxylation sites is 1. The molecule has 1 aromatic carbocycles. The fraction of sp³-hybridized carbons (Fsp3) is 0.400. The molecule has 2 N–H and O–H groups in total. The number of carbonyl (C=O) groups is 1. The van der Waals surface area contributed by atoms with Gasteiger partial charge < -0.3 is 5.32 Å². The molecule has 4 heteroatoms. The van der Waals surface area contributed by atoms with E-state index in [0.29, 0.717) is 5.56 Å². The van der Waals surface area contributed by atoms with Crippen LogP contribution in [0.5, 0.6) is 0 Å². The Morgan fingerprint density at radius 1 is 1.42 bits per heavy atom. The number of benzene rings is 1. The molecule has 4 nitrogen and oxygen atoms in total. The average molecular weight is 259 g/mol. The van der Waals surface area contributed by atoms with Gasteiger partial charge in [0.2, 0.25) is 0 Å². The first kappa shape index (κ1) is 13.5. The van der Waals surface area contributed by atoms with E-state index in [9.17, 15) is 4.79 Å². The van der Waals surface area contributed by atoms with Gasteiger partial charge in [0.25, 0.3) is 5.91 Å².